The van der Waals surface area contributed by atoms with Crippen LogP contribution < -0.4 is 24.2 Å². The Morgan fingerprint density at radius 2 is 1.50 bits per heavy atom. The number of hydrogen-bond donors (Lipinski definition) is 2. The van der Waals surface area contributed by atoms with Crippen molar-refractivity contribution >= 4 is 15.9 Å². The maximum absolute atomic E-state index is 13.4. The summed E-state index contributed by atoms with van der Waals surface area (Å²) in [4.78, 5) is 13.4. The lowest BCUT2D eigenvalue weighted by Gasteiger charge is -2.22. The lowest BCUT2D eigenvalue weighted by molar-refractivity contribution is -0.123. The SMILES string of the molecule is COc1ccc(S(=O)(=O)N[C@@H](Cc2ccccc2)C(=O)N[C@@H](C)c2ccc(OC)c(OC)c2)cc1C. The monoisotopic (exact) mass is 512 g/mol. The van der Waals surface area contributed by atoms with Gasteiger partial charge in [0.25, 0.3) is 0 Å². The van der Waals surface area contributed by atoms with E-state index in [0.29, 0.717) is 22.8 Å². The van der Waals surface area contributed by atoms with Crippen molar-refractivity contribution in [3.8, 4) is 17.2 Å². The molecule has 0 heterocycles. The molecule has 2 N–H and O–H groups in total. The Balaban J connectivity index is 1.86. The highest BCUT2D eigenvalue weighted by molar-refractivity contribution is 7.89. The molecule has 192 valence electrons. The highest BCUT2D eigenvalue weighted by Crippen LogP contribution is 2.30. The fourth-order valence-corrected chi connectivity index (χ4v) is 5.11. The van der Waals surface area contributed by atoms with Gasteiger partial charge in [-0.2, -0.15) is 4.72 Å². The molecule has 0 fully saturated rings. The number of carbonyl (C=O) groups is 1. The van der Waals surface area contributed by atoms with Crippen LogP contribution in [0.25, 0.3) is 0 Å². The molecule has 3 rings (SSSR count). The summed E-state index contributed by atoms with van der Waals surface area (Å²) in [6.07, 6.45) is 0.180. The number of sulfonamides is 1. The fraction of sp³-hybridized carbons (Fsp3) is 0.296. The van der Waals surface area contributed by atoms with Gasteiger partial charge in [-0.05, 0) is 67.3 Å². The maximum atomic E-state index is 13.4. The largest absolute Gasteiger partial charge is 0.496 e. The molecule has 0 spiro atoms. The third-order valence-corrected chi connectivity index (χ3v) is 7.31. The second-order valence-electron chi connectivity index (χ2n) is 8.34. The molecule has 8 nitrogen and oxygen atoms in total. The highest BCUT2D eigenvalue weighted by Gasteiger charge is 2.28. The van der Waals surface area contributed by atoms with Crippen LogP contribution >= 0.6 is 0 Å². The van der Waals surface area contributed by atoms with Crippen molar-refractivity contribution in [3.05, 3.63) is 83.4 Å². The van der Waals surface area contributed by atoms with Crippen molar-refractivity contribution in [3.63, 3.8) is 0 Å². The molecule has 0 aliphatic carbocycles. The van der Waals surface area contributed by atoms with Crippen molar-refractivity contribution in [2.24, 2.45) is 0 Å². The van der Waals surface area contributed by atoms with Crippen molar-refractivity contribution in [1.29, 1.82) is 0 Å². The molecular formula is C27H32N2O6S. The van der Waals surface area contributed by atoms with E-state index in [1.54, 1.807) is 32.2 Å². The summed E-state index contributed by atoms with van der Waals surface area (Å²) < 4.78 is 44.9. The predicted octanol–water partition coefficient (Wildman–Crippen LogP) is 3.79. The first-order valence-electron chi connectivity index (χ1n) is 11.4. The lowest BCUT2D eigenvalue weighted by atomic mass is 10.0. The molecule has 0 radical (unpaired) electrons. The van der Waals surface area contributed by atoms with E-state index in [2.05, 4.69) is 10.0 Å². The van der Waals surface area contributed by atoms with Gasteiger partial charge in [-0.1, -0.05) is 36.4 Å². The van der Waals surface area contributed by atoms with Gasteiger partial charge in [-0.25, -0.2) is 8.42 Å². The standard InChI is InChI=1S/C27H32N2O6S/c1-18-15-22(12-14-24(18)33-3)36(31,32)29-23(16-20-9-7-6-8-10-20)27(30)28-19(2)21-11-13-25(34-4)26(17-21)35-5/h6-15,17,19,23,29H,16H2,1-5H3,(H,28,30)/t19-,23-/m0/s1. The van der Waals surface area contributed by atoms with Crippen molar-refractivity contribution in [2.75, 3.05) is 21.3 Å². The topological polar surface area (TPSA) is 103 Å². The first kappa shape index (κ1) is 27.0. The summed E-state index contributed by atoms with van der Waals surface area (Å²) in [5.74, 6) is 1.24. The van der Waals surface area contributed by atoms with E-state index < -0.39 is 28.0 Å². The number of aryl methyl sites for hydroxylation is 1. The van der Waals surface area contributed by atoms with E-state index in [-0.39, 0.29) is 11.3 Å². The maximum Gasteiger partial charge on any atom is 0.241 e. The Labute approximate surface area is 212 Å². The first-order chi connectivity index (χ1) is 17.2. The van der Waals surface area contributed by atoms with Gasteiger partial charge in [0.2, 0.25) is 15.9 Å². The molecule has 3 aromatic carbocycles. The van der Waals surface area contributed by atoms with E-state index >= 15 is 0 Å². The third-order valence-electron chi connectivity index (χ3n) is 5.84. The van der Waals surface area contributed by atoms with Crippen LogP contribution in [-0.4, -0.2) is 41.7 Å². The summed E-state index contributed by atoms with van der Waals surface area (Å²) in [5, 5.41) is 2.93. The van der Waals surface area contributed by atoms with Crippen LogP contribution in [0.4, 0.5) is 0 Å². The second kappa shape index (κ2) is 11.9. The van der Waals surface area contributed by atoms with Gasteiger partial charge >= 0.3 is 0 Å². The molecule has 0 aromatic heterocycles. The molecule has 9 heteroatoms. The lowest BCUT2D eigenvalue weighted by Crippen LogP contribution is -2.48. The van der Waals surface area contributed by atoms with Gasteiger partial charge in [0.1, 0.15) is 11.8 Å². The molecule has 0 unspecified atom stereocenters. The molecular weight excluding hydrogens is 480 g/mol. The summed E-state index contributed by atoms with van der Waals surface area (Å²) >= 11 is 0. The number of benzene rings is 3. The van der Waals surface area contributed by atoms with Crippen molar-refractivity contribution in [2.45, 2.75) is 37.2 Å². The first-order valence-corrected chi connectivity index (χ1v) is 12.9. The molecule has 36 heavy (non-hydrogen) atoms. The van der Waals surface area contributed by atoms with Gasteiger partial charge < -0.3 is 19.5 Å². The van der Waals surface area contributed by atoms with Crippen LogP contribution in [0.1, 0.15) is 29.7 Å². The van der Waals surface area contributed by atoms with Crippen molar-refractivity contribution in [1.82, 2.24) is 10.0 Å². The summed E-state index contributed by atoms with van der Waals surface area (Å²) in [5.41, 5.74) is 2.28. The zero-order valence-electron chi connectivity index (χ0n) is 21.1. The van der Waals surface area contributed by atoms with Crippen LogP contribution in [0.15, 0.2) is 71.6 Å². The Morgan fingerprint density at radius 1 is 0.861 bits per heavy atom. The minimum atomic E-state index is -4.00. The minimum Gasteiger partial charge on any atom is -0.496 e. The fourth-order valence-electron chi connectivity index (χ4n) is 3.83. The number of methoxy groups -OCH3 is 3. The summed E-state index contributed by atoms with van der Waals surface area (Å²) in [6, 6.07) is 17.7. The Hall–Kier alpha value is -3.56. The molecule has 0 bridgehead atoms. The number of nitrogens with one attached hydrogen (secondary N) is 2. The van der Waals surface area contributed by atoms with Crippen LogP contribution in [0.3, 0.4) is 0 Å². The van der Waals surface area contributed by atoms with E-state index in [1.165, 1.54) is 26.4 Å². The summed E-state index contributed by atoms with van der Waals surface area (Å²) in [7, 11) is 0.614. The normalized spacial score (nSPS) is 12.9. The van der Waals surface area contributed by atoms with Gasteiger partial charge in [0, 0.05) is 0 Å². The molecule has 0 aliphatic heterocycles. The van der Waals surface area contributed by atoms with Crippen LogP contribution in [0.2, 0.25) is 0 Å². The Morgan fingerprint density at radius 3 is 2.11 bits per heavy atom. The van der Waals surface area contributed by atoms with E-state index in [9.17, 15) is 13.2 Å². The van der Waals surface area contributed by atoms with Crippen molar-refractivity contribution < 1.29 is 27.4 Å². The van der Waals surface area contributed by atoms with Crippen LogP contribution in [0, 0.1) is 6.92 Å². The van der Waals surface area contributed by atoms with E-state index in [4.69, 9.17) is 14.2 Å². The predicted molar refractivity (Wildman–Crippen MR) is 138 cm³/mol. The van der Waals surface area contributed by atoms with Gasteiger partial charge in [0.15, 0.2) is 11.5 Å². The highest BCUT2D eigenvalue weighted by atomic mass is 32.2. The third kappa shape index (κ3) is 6.56. The molecule has 0 aliphatic rings. The number of ether oxygens (including phenoxy) is 3. The zero-order valence-corrected chi connectivity index (χ0v) is 21.9. The number of amides is 1. The smallest absolute Gasteiger partial charge is 0.241 e. The molecule has 0 saturated heterocycles. The van der Waals surface area contributed by atoms with Crippen LogP contribution in [0.5, 0.6) is 17.2 Å². The van der Waals surface area contributed by atoms with E-state index in [0.717, 1.165) is 11.1 Å². The van der Waals surface area contributed by atoms with Gasteiger partial charge in [-0.15, -0.1) is 0 Å². The second-order valence-corrected chi connectivity index (χ2v) is 10.1. The number of rotatable bonds is 11. The van der Waals surface area contributed by atoms with Gasteiger partial charge in [0.05, 0.1) is 32.3 Å². The van der Waals surface area contributed by atoms with Gasteiger partial charge in [-0.3, -0.25) is 4.79 Å². The molecule has 3 aromatic rings. The Kier molecular flexibility index (Phi) is 8.95. The average molecular weight is 513 g/mol. The zero-order chi connectivity index (χ0) is 26.3. The molecule has 0 saturated carbocycles. The number of carbonyl (C=O) groups excluding carboxylic acids is 1. The van der Waals surface area contributed by atoms with Crippen LogP contribution in [-0.2, 0) is 21.2 Å². The minimum absolute atomic E-state index is 0.0552. The number of hydrogen-bond acceptors (Lipinski definition) is 6. The Bertz CT molecular complexity index is 1290. The molecule has 1 amide bonds. The average Bonchev–Trinajstić information content (AvgIpc) is 2.88. The summed E-state index contributed by atoms with van der Waals surface area (Å²) in [6.45, 7) is 3.58. The molecule has 2 atom stereocenters. The van der Waals surface area contributed by atoms with E-state index in [1.807, 2.05) is 43.3 Å². The quantitative estimate of drug-likeness (QED) is 0.405.